The van der Waals surface area contributed by atoms with Crippen LogP contribution in [0.3, 0.4) is 0 Å². The molecule has 112 valence electrons. The Morgan fingerprint density at radius 1 is 1.24 bits per heavy atom. The minimum absolute atomic E-state index is 0.0137. The number of carbonyl (C=O) groups is 2. The third-order valence-corrected chi connectivity index (χ3v) is 4.24. The van der Waals surface area contributed by atoms with Gasteiger partial charge in [0.1, 0.15) is 11.9 Å². The van der Waals surface area contributed by atoms with Crippen LogP contribution in [0.1, 0.15) is 31.7 Å². The van der Waals surface area contributed by atoms with E-state index in [-0.39, 0.29) is 35.6 Å². The van der Waals surface area contributed by atoms with Crippen LogP contribution in [0.4, 0.5) is 4.39 Å². The smallest absolute Gasteiger partial charge is 0.245 e. The first-order chi connectivity index (χ1) is 10.0. The van der Waals surface area contributed by atoms with Gasteiger partial charge in [0.2, 0.25) is 11.8 Å². The van der Waals surface area contributed by atoms with Crippen LogP contribution in [0.5, 0.6) is 0 Å². The van der Waals surface area contributed by atoms with Gasteiger partial charge in [-0.2, -0.15) is 0 Å². The maximum atomic E-state index is 13.0. The quantitative estimate of drug-likeness (QED) is 0.923. The zero-order chi connectivity index (χ0) is 15.0. The van der Waals surface area contributed by atoms with Gasteiger partial charge in [0.25, 0.3) is 0 Å². The SMILES string of the molecule is CC1CC(=O)NC(C2CC2)C(=O)N1Cc1ccc(F)cc1. The Kier molecular flexibility index (Phi) is 3.66. The van der Waals surface area contributed by atoms with Crippen LogP contribution in [0.2, 0.25) is 0 Å². The molecule has 3 rings (SSSR count). The fourth-order valence-corrected chi connectivity index (χ4v) is 2.84. The lowest BCUT2D eigenvalue weighted by molar-refractivity contribution is -0.136. The first-order valence-corrected chi connectivity index (χ1v) is 7.39. The van der Waals surface area contributed by atoms with Gasteiger partial charge in [-0.05, 0) is 43.4 Å². The third kappa shape index (κ3) is 3.06. The molecule has 0 bridgehead atoms. The summed E-state index contributed by atoms with van der Waals surface area (Å²) in [5, 5.41) is 2.86. The number of hydrogen-bond acceptors (Lipinski definition) is 2. The Bertz CT molecular complexity index is 554. The van der Waals surface area contributed by atoms with Gasteiger partial charge in [-0.1, -0.05) is 12.1 Å². The molecule has 2 fully saturated rings. The van der Waals surface area contributed by atoms with Crippen molar-refractivity contribution in [3.8, 4) is 0 Å². The van der Waals surface area contributed by atoms with Gasteiger partial charge in [-0.3, -0.25) is 9.59 Å². The molecule has 0 radical (unpaired) electrons. The van der Waals surface area contributed by atoms with Crippen molar-refractivity contribution in [2.75, 3.05) is 0 Å². The number of benzene rings is 1. The molecule has 0 spiro atoms. The number of carbonyl (C=O) groups excluding carboxylic acids is 2. The fourth-order valence-electron chi connectivity index (χ4n) is 2.84. The Morgan fingerprint density at radius 3 is 2.52 bits per heavy atom. The van der Waals surface area contributed by atoms with Crippen molar-refractivity contribution >= 4 is 11.8 Å². The molecule has 4 nitrogen and oxygen atoms in total. The highest BCUT2D eigenvalue weighted by atomic mass is 19.1. The lowest BCUT2D eigenvalue weighted by atomic mass is 10.1. The minimum Gasteiger partial charge on any atom is -0.344 e. The van der Waals surface area contributed by atoms with Crippen molar-refractivity contribution in [1.82, 2.24) is 10.2 Å². The van der Waals surface area contributed by atoms with Crippen LogP contribution in [-0.4, -0.2) is 28.8 Å². The molecular weight excluding hydrogens is 271 g/mol. The highest BCUT2D eigenvalue weighted by Gasteiger charge is 2.42. The molecule has 1 aliphatic carbocycles. The van der Waals surface area contributed by atoms with Crippen molar-refractivity contribution in [2.45, 2.75) is 44.8 Å². The summed E-state index contributed by atoms with van der Waals surface area (Å²) < 4.78 is 13.0. The van der Waals surface area contributed by atoms with Gasteiger partial charge in [0.15, 0.2) is 0 Å². The van der Waals surface area contributed by atoms with Crippen molar-refractivity contribution in [2.24, 2.45) is 5.92 Å². The summed E-state index contributed by atoms with van der Waals surface area (Å²) in [6, 6.07) is 5.62. The maximum absolute atomic E-state index is 13.0. The molecule has 0 aromatic heterocycles. The van der Waals surface area contributed by atoms with E-state index in [4.69, 9.17) is 0 Å². The van der Waals surface area contributed by atoms with E-state index in [1.807, 2.05) is 6.92 Å². The number of nitrogens with one attached hydrogen (secondary N) is 1. The average molecular weight is 290 g/mol. The van der Waals surface area contributed by atoms with Crippen molar-refractivity contribution in [1.29, 1.82) is 0 Å². The summed E-state index contributed by atoms with van der Waals surface area (Å²) in [5.41, 5.74) is 0.875. The van der Waals surface area contributed by atoms with E-state index >= 15 is 0 Å². The summed E-state index contributed by atoms with van der Waals surface area (Å²) in [7, 11) is 0. The molecule has 2 atom stereocenters. The first kappa shape index (κ1) is 14.0. The monoisotopic (exact) mass is 290 g/mol. The molecule has 1 aromatic rings. The normalized spacial score (nSPS) is 26.5. The van der Waals surface area contributed by atoms with E-state index in [9.17, 15) is 14.0 Å². The van der Waals surface area contributed by atoms with E-state index < -0.39 is 0 Å². The fraction of sp³-hybridized carbons (Fsp3) is 0.500. The van der Waals surface area contributed by atoms with Crippen molar-refractivity contribution < 1.29 is 14.0 Å². The Balaban J connectivity index is 1.81. The molecule has 1 heterocycles. The van der Waals surface area contributed by atoms with Crippen molar-refractivity contribution in [3.05, 3.63) is 35.6 Å². The van der Waals surface area contributed by atoms with Gasteiger partial charge in [-0.15, -0.1) is 0 Å². The summed E-state index contributed by atoms with van der Waals surface area (Å²) in [4.78, 5) is 26.3. The van der Waals surface area contributed by atoms with Crippen LogP contribution < -0.4 is 5.32 Å². The number of hydrogen-bond donors (Lipinski definition) is 1. The molecule has 1 N–H and O–H groups in total. The van der Waals surface area contributed by atoms with Gasteiger partial charge in [0.05, 0.1) is 0 Å². The highest BCUT2D eigenvalue weighted by molar-refractivity contribution is 5.91. The van der Waals surface area contributed by atoms with Crippen molar-refractivity contribution in [3.63, 3.8) is 0 Å². The molecule has 21 heavy (non-hydrogen) atoms. The van der Waals surface area contributed by atoms with Gasteiger partial charge in [0, 0.05) is 19.0 Å². The molecule has 5 heteroatoms. The lowest BCUT2D eigenvalue weighted by Gasteiger charge is -2.29. The number of amides is 2. The van der Waals surface area contributed by atoms with Crippen LogP contribution in [-0.2, 0) is 16.1 Å². The minimum atomic E-state index is -0.386. The second-order valence-electron chi connectivity index (χ2n) is 6.03. The summed E-state index contributed by atoms with van der Waals surface area (Å²) in [5.74, 6) is -0.0845. The van der Waals surface area contributed by atoms with Gasteiger partial charge in [-0.25, -0.2) is 4.39 Å². The first-order valence-electron chi connectivity index (χ1n) is 7.39. The summed E-state index contributed by atoms with van der Waals surface area (Å²) >= 11 is 0. The average Bonchev–Trinajstić information content (AvgIpc) is 3.27. The highest BCUT2D eigenvalue weighted by Crippen LogP contribution is 2.35. The van der Waals surface area contributed by atoms with Crippen LogP contribution in [0.15, 0.2) is 24.3 Å². The van der Waals surface area contributed by atoms with E-state index in [0.717, 1.165) is 18.4 Å². The second kappa shape index (κ2) is 5.47. The van der Waals surface area contributed by atoms with E-state index in [0.29, 0.717) is 13.0 Å². The Labute approximate surface area is 123 Å². The molecule has 1 aromatic carbocycles. The zero-order valence-electron chi connectivity index (χ0n) is 12.0. The predicted molar refractivity (Wildman–Crippen MR) is 75.7 cm³/mol. The maximum Gasteiger partial charge on any atom is 0.245 e. The molecule has 1 saturated heterocycles. The Morgan fingerprint density at radius 2 is 1.90 bits per heavy atom. The number of rotatable bonds is 3. The van der Waals surface area contributed by atoms with Gasteiger partial charge >= 0.3 is 0 Å². The lowest BCUT2D eigenvalue weighted by Crippen LogP contribution is -2.47. The Hall–Kier alpha value is -1.91. The summed E-state index contributed by atoms with van der Waals surface area (Å²) in [6.07, 6.45) is 2.31. The molecule has 2 unspecified atom stereocenters. The molecule has 1 saturated carbocycles. The van der Waals surface area contributed by atoms with Crippen LogP contribution >= 0.6 is 0 Å². The molecular formula is C16H19FN2O2. The number of nitrogens with zero attached hydrogens (tertiary/aromatic N) is 1. The molecule has 1 aliphatic heterocycles. The zero-order valence-corrected chi connectivity index (χ0v) is 12.0. The van der Waals surface area contributed by atoms with E-state index in [1.54, 1.807) is 17.0 Å². The standard InChI is InChI=1S/C16H19FN2O2/c1-10-8-14(20)18-15(12-4-5-12)16(21)19(10)9-11-2-6-13(17)7-3-11/h2-3,6-7,10,12,15H,4-5,8-9H2,1H3,(H,18,20). The topological polar surface area (TPSA) is 49.4 Å². The molecule has 2 amide bonds. The van der Waals surface area contributed by atoms with Crippen LogP contribution in [0.25, 0.3) is 0 Å². The van der Waals surface area contributed by atoms with Gasteiger partial charge < -0.3 is 10.2 Å². The van der Waals surface area contributed by atoms with E-state index in [2.05, 4.69) is 5.32 Å². The number of halogens is 1. The summed E-state index contributed by atoms with van der Waals surface area (Å²) in [6.45, 7) is 2.30. The predicted octanol–water partition coefficient (Wildman–Crippen LogP) is 1.84. The molecule has 2 aliphatic rings. The van der Waals surface area contributed by atoms with E-state index in [1.165, 1.54) is 12.1 Å². The third-order valence-electron chi connectivity index (χ3n) is 4.24. The second-order valence-corrected chi connectivity index (χ2v) is 6.03. The van der Waals surface area contributed by atoms with Crippen LogP contribution in [0, 0.1) is 11.7 Å². The largest absolute Gasteiger partial charge is 0.344 e.